The predicted molar refractivity (Wildman–Crippen MR) is 109 cm³/mol. The zero-order chi connectivity index (χ0) is 22.1. The number of aliphatic hydroxyl groups excluding tert-OH is 2. The second kappa shape index (κ2) is 11.2. The minimum atomic E-state index is -3.75. The van der Waals surface area contributed by atoms with E-state index in [0.717, 1.165) is 0 Å². The molecule has 2 aromatic carbocycles. The Bertz CT molecular complexity index is 913. The SMILES string of the molecule is CC(=O)O[C@H](CCl)COc1ccc(S(=O)(=O)c2ccc(OC[C@H](O)CO)cc2)cc1. The molecule has 0 amide bonds. The summed E-state index contributed by atoms with van der Waals surface area (Å²) < 4.78 is 41.3. The fraction of sp³-hybridized carbons (Fsp3) is 0.350. The zero-order valence-electron chi connectivity index (χ0n) is 16.2. The second-order valence-electron chi connectivity index (χ2n) is 6.29. The van der Waals surface area contributed by atoms with Crippen molar-refractivity contribution in [3.63, 3.8) is 0 Å². The Kier molecular flexibility index (Phi) is 8.91. The Hall–Kier alpha value is -2.33. The number of carbonyl (C=O) groups excluding carboxylic acids is 1. The summed E-state index contributed by atoms with van der Waals surface area (Å²) in [6.45, 7) is 0.784. The highest BCUT2D eigenvalue weighted by Crippen LogP contribution is 2.25. The van der Waals surface area contributed by atoms with E-state index in [4.69, 9.17) is 30.9 Å². The molecule has 10 heteroatoms. The molecular weight excluding hydrogens is 436 g/mol. The Balaban J connectivity index is 2.03. The van der Waals surface area contributed by atoms with Crippen molar-refractivity contribution in [1.82, 2.24) is 0 Å². The lowest BCUT2D eigenvalue weighted by Crippen LogP contribution is -2.25. The van der Waals surface area contributed by atoms with Crippen molar-refractivity contribution in [1.29, 1.82) is 0 Å². The van der Waals surface area contributed by atoms with Crippen LogP contribution in [0.2, 0.25) is 0 Å². The monoisotopic (exact) mass is 458 g/mol. The average molecular weight is 459 g/mol. The number of esters is 1. The molecule has 0 heterocycles. The van der Waals surface area contributed by atoms with Gasteiger partial charge in [-0.25, -0.2) is 8.42 Å². The summed E-state index contributed by atoms with van der Waals surface area (Å²) in [5.41, 5.74) is 0. The van der Waals surface area contributed by atoms with E-state index in [-0.39, 0.29) is 28.9 Å². The van der Waals surface area contributed by atoms with Crippen LogP contribution in [-0.2, 0) is 19.4 Å². The fourth-order valence-corrected chi connectivity index (χ4v) is 3.76. The van der Waals surface area contributed by atoms with E-state index in [0.29, 0.717) is 11.5 Å². The van der Waals surface area contributed by atoms with Gasteiger partial charge in [0, 0.05) is 6.92 Å². The number of sulfone groups is 1. The van der Waals surface area contributed by atoms with Gasteiger partial charge in [-0.15, -0.1) is 11.6 Å². The molecule has 0 radical (unpaired) electrons. The molecule has 30 heavy (non-hydrogen) atoms. The molecule has 0 saturated heterocycles. The highest BCUT2D eigenvalue weighted by Gasteiger charge is 2.18. The number of benzene rings is 2. The van der Waals surface area contributed by atoms with Gasteiger partial charge < -0.3 is 24.4 Å². The molecular formula is C20H23ClO8S. The van der Waals surface area contributed by atoms with Crippen LogP contribution >= 0.6 is 11.6 Å². The molecule has 0 bridgehead atoms. The highest BCUT2D eigenvalue weighted by atomic mass is 35.5. The maximum absolute atomic E-state index is 12.8. The molecule has 0 fully saturated rings. The third-order valence-corrected chi connectivity index (χ3v) is 5.99. The lowest BCUT2D eigenvalue weighted by molar-refractivity contribution is -0.146. The minimum absolute atomic E-state index is 0.0433. The number of hydrogen-bond acceptors (Lipinski definition) is 8. The van der Waals surface area contributed by atoms with Gasteiger partial charge in [-0.1, -0.05) is 0 Å². The molecule has 2 N–H and O–H groups in total. The summed E-state index contributed by atoms with van der Waals surface area (Å²) in [5, 5.41) is 18.1. The van der Waals surface area contributed by atoms with Crippen LogP contribution in [0.3, 0.4) is 0 Å². The normalized spacial score (nSPS) is 13.3. The fourth-order valence-electron chi connectivity index (χ4n) is 2.35. The minimum Gasteiger partial charge on any atom is -0.491 e. The number of halogens is 1. The molecule has 0 aliphatic carbocycles. The van der Waals surface area contributed by atoms with Crippen LogP contribution in [0.5, 0.6) is 11.5 Å². The molecule has 0 unspecified atom stereocenters. The Morgan fingerprint density at radius 1 is 0.967 bits per heavy atom. The van der Waals surface area contributed by atoms with Crippen molar-refractivity contribution in [2.45, 2.75) is 28.9 Å². The lowest BCUT2D eigenvalue weighted by atomic mass is 10.3. The first-order valence-electron chi connectivity index (χ1n) is 8.99. The van der Waals surface area contributed by atoms with Crippen LogP contribution in [0.1, 0.15) is 6.92 Å². The van der Waals surface area contributed by atoms with Crippen LogP contribution < -0.4 is 9.47 Å². The zero-order valence-corrected chi connectivity index (χ0v) is 17.8. The Labute approximate surface area is 179 Å². The van der Waals surface area contributed by atoms with Gasteiger partial charge in [0.15, 0.2) is 0 Å². The van der Waals surface area contributed by atoms with Crippen molar-refractivity contribution in [3.05, 3.63) is 48.5 Å². The third kappa shape index (κ3) is 6.88. The molecule has 0 aromatic heterocycles. The summed E-state index contributed by atoms with van der Waals surface area (Å²) in [6.07, 6.45) is -1.62. The van der Waals surface area contributed by atoms with Gasteiger partial charge in [-0.2, -0.15) is 0 Å². The summed E-state index contributed by atoms with van der Waals surface area (Å²) in [7, 11) is -3.75. The van der Waals surface area contributed by atoms with E-state index < -0.39 is 34.6 Å². The maximum atomic E-state index is 12.8. The number of aliphatic hydroxyl groups is 2. The van der Waals surface area contributed by atoms with Crippen LogP contribution in [0, 0.1) is 0 Å². The average Bonchev–Trinajstić information content (AvgIpc) is 2.75. The summed E-state index contributed by atoms with van der Waals surface area (Å²) in [4.78, 5) is 11.1. The maximum Gasteiger partial charge on any atom is 0.303 e. The molecule has 2 rings (SSSR count). The van der Waals surface area contributed by atoms with E-state index in [1.54, 1.807) is 0 Å². The van der Waals surface area contributed by atoms with Gasteiger partial charge in [-0.05, 0) is 48.5 Å². The van der Waals surface area contributed by atoms with E-state index in [9.17, 15) is 18.3 Å². The molecule has 0 aliphatic heterocycles. The quantitative estimate of drug-likeness (QED) is 0.386. The topological polar surface area (TPSA) is 119 Å². The molecule has 164 valence electrons. The molecule has 0 aliphatic rings. The van der Waals surface area contributed by atoms with Crippen LogP contribution in [-0.4, -0.2) is 62.5 Å². The first-order chi connectivity index (χ1) is 14.3. The van der Waals surface area contributed by atoms with Gasteiger partial charge >= 0.3 is 5.97 Å². The largest absolute Gasteiger partial charge is 0.491 e. The van der Waals surface area contributed by atoms with Gasteiger partial charge in [0.2, 0.25) is 9.84 Å². The van der Waals surface area contributed by atoms with Crippen molar-refractivity contribution in [2.24, 2.45) is 0 Å². The molecule has 2 atom stereocenters. The Morgan fingerprint density at radius 3 is 1.83 bits per heavy atom. The van der Waals surface area contributed by atoms with Gasteiger partial charge in [0.05, 0.1) is 22.3 Å². The van der Waals surface area contributed by atoms with E-state index in [1.165, 1.54) is 55.5 Å². The summed E-state index contributed by atoms with van der Waals surface area (Å²) in [6, 6.07) is 11.5. The third-order valence-electron chi connectivity index (χ3n) is 3.86. The summed E-state index contributed by atoms with van der Waals surface area (Å²) >= 11 is 5.72. The number of alkyl halides is 1. The number of hydrogen-bond donors (Lipinski definition) is 2. The van der Waals surface area contributed by atoms with Crippen molar-refractivity contribution in [3.8, 4) is 11.5 Å². The predicted octanol–water partition coefficient (Wildman–Crippen LogP) is 1.80. The van der Waals surface area contributed by atoms with E-state index in [1.807, 2.05) is 0 Å². The number of rotatable bonds is 11. The number of carbonyl (C=O) groups is 1. The Morgan fingerprint density at radius 2 is 1.43 bits per heavy atom. The smallest absolute Gasteiger partial charge is 0.303 e. The lowest BCUT2D eigenvalue weighted by Gasteiger charge is -2.15. The van der Waals surface area contributed by atoms with Crippen molar-refractivity contribution < 1.29 is 37.6 Å². The van der Waals surface area contributed by atoms with Crippen molar-refractivity contribution in [2.75, 3.05) is 25.7 Å². The van der Waals surface area contributed by atoms with Gasteiger partial charge in [0.1, 0.15) is 36.9 Å². The van der Waals surface area contributed by atoms with Gasteiger partial charge in [0.25, 0.3) is 0 Å². The molecule has 0 spiro atoms. The first kappa shape index (κ1) is 23.9. The first-order valence-corrected chi connectivity index (χ1v) is 11.0. The summed E-state index contributed by atoms with van der Waals surface area (Å²) in [5.74, 6) is 0.381. The molecule has 8 nitrogen and oxygen atoms in total. The van der Waals surface area contributed by atoms with E-state index in [2.05, 4.69) is 0 Å². The number of ether oxygens (including phenoxy) is 3. The highest BCUT2D eigenvalue weighted by molar-refractivity contribution is 7.91. The molecule has 2 aromatic rings. The molecule has 0 saturated carbocycles. The van der Waals surface area contributed by atoms with Crippen LogP contribution in [0.25, 0.3) is 0 Å². The second-order valence-corrected chi connectivity index (χ2v) is 8.55. The van der Waals surface area contributed by atoms with Crippen LogP contribution in [0.15, 0.2) is 58.3 Å². The van der Waals surface area contributed by atoms with Crippen LogP contribution in [0.4, 0.5) is 0 Å². The van der Waals surface area contributed by atoms with Gasteiger partial charge in [-0.3, -0.25) is 4.79 Å². The van der Waals surface area contributed by atoms with E-state index >= 15 is 0 Å². The van der Waals surface area contributed by atoms with Crippen molar-refractivity contribution >= 4 is 27.4 Å². The standard InChI is InChI=1S/C20H23ClO8S/c1-14(23)29-18(10-21)13-28-17-4-8-20(9-5-17)30(25,26)19-6-2-16(3-7-19)27-12-15(24)11-22/h2-9,15,18,22,24H,10-13H2,1H3/t15-,18-/m1/s1.